The molecule has 0 N–H and O–H groups in total. The van der Waals surface area contributed by atoms with Crippen LogP contribution in [-0.2, 0) is 0 Å². The Balaban J connectivity index is 2.07. The number of hydrogen-bond acceptors (Lipinski definition) is 4. The van der Waals surface area contributed by atoms with Crippen LogP contribution in [0, 0.1) is 0 Å². The van der Waals surface area contributed by atoms with Crippen LogP contribution in [0.2, 0.25) is 0 Å². The predicted molar refractivity (Wildman–Crippen MR) is 91.2 cm³/mol. The second-order valence-electron chi connectivity index (χ2n) is 5.78. The normalized spacial score (nSPS) is 15.0. The van der Waals surface area contributed by atoms with Gasteiger partial charge in [0.15, 0.2) is 5.78 Å². The number of anilines is 1. The number of carbonyl (C=O) groups is 1. The Hall–Kier alpha value is -1.55. The van der Waals surface area contributed by atoms with Crippen molar-refractivity contribution in [2.45, 2.75) is 33.1 Å². The van der Waals surface area contributed by atoms with Gasteiger partial charge in [0.25, 0.3) is 0 Å². The highest BCUT2D eigenvalue weighted by Gasteiger charge is 2.17. The number of methoxy groups -OCH3 is 1. The van der Waals surface area contributed by atoms with Crippen LogP contribution in [0.15, 0.2) is 18.2 Å². The molecule has 0 bridgehead atoms. The van der Waals surface area contributed by atoms with E-state index in [0.29, 0.717) is 17.7 Å². The molecule has 122 valence electrons. The van der Waals surface area contributed by atoms with Crippen molar-refractivity contribution in [3.8, 4) is 5.75 Å². The number of benzene rings is 1. The van der Waals surface area contributed by atoms with E-state index in [9.17, 15) is 4.79 Å². The van der Waals surface area contributed by atoms with Crippen molar-refractivity contribution in [2.75, 3.05) is 44.7 Å². The summed E-state index contributed by atoms with van der Waals surface area (Å²) < 4.78 is 5.46. The van der Waals surface area contributed by atoms with Crippen molar-refractivity contribution in [2.24, 2.45) is 0 Å². The van der Waals surface area contributed by atoms with Crippen molar-refractivity contribution in [3.05, 3.63) is 23.8 Å². The number of likely N-dealkylation sites (tertiary alicyclic amines) is 1. The zero-order valence-electron chi connectivity index (χ0n) is 14.1. The smallest absolute Gasteiger partial charge is 0.167 e. The third kappa shape index (κ3) is 4.01. The van der Waals surface area contributed by atoms with Gasteiger partial charge in [0.2, 0.25) is 0 Å². The van der Waals surface area contributed by atoms with Crippen LogP contribution in [0.1, 0.15) is 43.5 Å². The van der Waals surface area contributed by atoms with Crippen molar-refractivity contribution in [1.29, 1.82) is 0 Å². The summed E-state index contributed by atoms with van der Waals surface area (Å²) in [6.07, 6.45) is 3.09. The van der Waals surface area contributed by atoms with Gasteiger partial charge < -0.3 is 14.5 Å². The highest BCUT2D eigenvalue weighted by molar-refractivity contribution is 5.99. The number of rotatable bonds is 8. The fraction of sp³-hybridized carbons (Fsp3) is 0.611. The maximum absolute atomic E-state index is 12.5. The maximum Gasteiger partial charge on any atom is 0.167 e. The molecule has 1 fully saturated rings. The van der Waals surface area contributed by atoms with E-state index in [0.717, 1.165) is 38.4 Å². The molecule has 0 radical (unpaired) electrons. The van der Waals surface area contributed by atoms with E-state index in [4.69, 9.17) is 4.74 Å². The van der Waals surface area contributed by atoms with Gasteiger partial charge >= 0.3 is 0 Å². The fourth-order valence-electron chi connectivity index (χ4n) is 3.10. The van der Waals surface area contributed by atoms with Crippen LogP contribution in [0.3, 0.4) is 0 Å². The second kappa shape index (κ2) is 8.18. The lowest BCUT2D eigenvalue weighted by atomic mass is 10.1. The first-order valence-corrected chi connectivity index (χ1v) is 8.38. The Labute approximate surface area is 134 Å². The zero-order valence-corrected chi connectivity index (χ0v) is 14.1. The molecule has 1 aromatic carbocycles. The second-order valence-corrected chi connectivity index (χ2v) is 5.78. The molecular weight excluding hydrogens is 276 g/mol. The standard InChI is InChI=1S/C18H28N2O2/c1-4-20(5-2)15-8-9-16(18(14-15)22-3)17(21)10-13-19-11-6-7-12-19/h8-9,14H,4-7,10-13H2,1-3H3. The van der Waals surface area contributed by atoms with Gasteiger partial charge in [-0.3, -0.25) is 4.79 Å². The third-order valence-electron chi connectivity index (χ3n) is 4.47. The number of Topliss-reactive ketones (excluding diaryl/α,β-unsaturated/α-hetero) is 1. The number of ketones is 1. The summed E-state index contributed by atoms with van der Waals surface area (Å²) in [5.41, 5.74) is 1.82. The van der Waals surface area contributed by atoms with Crippen molar-refractivity contribution in [3.63, 3.8) is 0 Å². The predicted octanol–water partition coefficient (Wildman–Crippen LogP) is 3.21. The van der Waals surface area contributed by atoms with Gasteiger partial charge in [-0.1, -0.05) is 0 Å². The summed E-state index contributed by atoms with van der Waals surface area (Å²) >= 11 is 0. The number of nitrogens with zero attached hydrogens (tertiary/aromatic N) is 2. The van der Waals surface area contributed by atoms with Crippen molar-refractivity contribution >= 4 is 11.5 Å². The summed E-state index contributed by atoms with van der Waals surface area (Å²) in [6.45, 7) is 9.27. The van der Waals surface area contributed by atoms with Crippen LogP contribution in [0.4, 0.5) is 5.69 Å². The number of ether oxygens (including phenoxy) is 1. The average molecular weight is 304 g/mol. The fourth-order valence-corrected chi connectivity index (χ4v) is 3.10. The molecule has 0 aliphatic carbocycles. The minimum Gasteiger partial charge on any atom is -0.496 e. The maximum atomic E-state index is 12.5. The molecule has 22 heavy (non-hydrogen) atoms. The lowest BCUT2D eigenvalue weighted by Crippen LogP contribution is -2.23. The SMILES string of the molecule is CCN(CC)c1ccc(C(=O)CCN2CCCC2)c(OC)c1. The average Bonchev–Trinajstić information content (AvgIpc) is 3.07. The molecule has 0 aromatic heterocycles. The van der Waals surface area contributed by atoms with Crippen LogP contribution < -0.4 is 9.64 Å². The summed E-state index contributed by atoms with van der Waals surface area (Å²) in [5.74, 6) is 0.866. The van der Waals surface area contributed by atoms with Crippen molar-refractivity contribution in [1.82, 2.24) is 4.90 Å². The third-order valence-corrected chi connectivity index (χ3v) is 4.47. The van der Waals surface area contributed by atoms with Gasteiger partial charge in [0, 0.05) is 37.8 Å². The van der Waals surface area contributed by atoms with Gasteiger partial charge in [-0.15, -0.1) is 0 Å². The van der Waals surface area contributed by atoms with E-state index in [1.807, 2.05) is 18.2 Å². The zero-order chi connectivity index (χ0) is 15.9. The summed E-state index contributed by atoms with van der Waals surface area (Å²) in [5, 5.41) is 0. The Morgan fingerprint density at radius 3 is 2.50 bits per heavy atom. The molecule has 4 heteroatoms. The van der Waals surface area contributed by atoms with E-state index in [2.05, 4.69) is 23.6 Å². The first-order chi connectivity index (χ1) is 10.7. The van der Waals surface area contributed by atoms with E-state index >= 15 is 0 Å². The minimum atomic E-state index is 0.176. The van der Waals surface area contributed by atoms with Gasteiger partial charge in [-0.2, -0.15) is 0 Å². The van der Waals surface area contributed by atoms with Crippen LogP contribution >= 0.6 is 0 Å². The van der Waals surface area contributed by atoms with Gasteiger partial charge in [0.05, 0.1) is 12.7 Å². The van der Waals surface area contributed by atoms with Gasteiger partial charge in [-0.25, -0.2) is 0 Å². The van der Waals surface area contributed by atoms with Crippen LogP contribution in [0.25, 0.3) is 0 Å². The first kappa shape index (κ1) is 16.8. The van der Waals surface area contributed by atoms with E-state index < -0.39 is 0 Å². The van der Waals surface area contributed by atoms with E-state index in [1.165, 1.54) is 12.8 Å². The first-order valence-electron chi connectivity index (χ1n) is 8.38. The minimum absolute atomic E-state index is 0.176. The highest BCUT2D eigenvalue weighted by atomic mass is 16.5. The molecule has 0 saturated carbocycles. The van der Waals surface area contributed by atoms with Crippen molar-refractivity contribution < 1.29 is 9.53 Å². The monoisotopic (exact) mass is 304 g/mol. The Morgan fingerprint density at radius 2 is 1.91 bits per heavy atom. The molecule has 0 atom stereocenters. The van der Waals surface area contributed by atoms with Gasteiger partial charge in [0.1, 0.15) is 5.75 Å². The van der Waals surface area contributed by atoms with E-state index in [1.54, 1.807) is 7.11 Å². The topological polar surface area (TPSA) is 32.8 Å². The molecule has 0 spiro atoms. The van der Waals surface area contributed by atoms with Crippen LogP contribution in [0.5, 0.6) is 5.75 Å². The molecule has 1 aliphatic rings. The lowest BCUT2D eigenvalue weighted by Gasteiger charge is -2.22. The Kier molecular flexibility index (Phi) is 6.25. The molecule has 0 unspecified atom stereocenters. The quantitative estimate of drug-likeness (QED) is 0.690. The largest absolute Gasteiger partial charge is 0.496 e. The number of carbonyl (C=O) groups excluding carboxylic acids is 1. The molecular formula is C18H28N2O2. The lowest BCUT2D eigenvalue weighted by molar-refractivity contribution is 0.0966. The molecule has 2 rings (SSSR count). The van der Waals surface area contributed by atoms with Crippen LogP contribution in [-0.4, -0.2) is 50.5 Å². The number of hydrogen-bond donors (Lipinski definition) is 0. The Bertz CT molecular complexity index is 492. The van der Waals surface area contributed by atoms with E-state index in [-0.39, 0.29) is 5.78 Å². The molecule has 0 amide bonds. The molecule has 1 heterocycles. The molecule has 1 saturated heterocycles. The summed E-state index contributed by atoms with van der Waals surface area (Å²) in [4.78, 5) is 17.1. The Morgan fingerprint density at radius 1 is 1.23 bits per heavy atom. The molecule has 4 nitrogen and oxygen atoms in total. The molecule has 1 aromatic rings. The summed E-state index contributed by atoms with van der Waals surface area (Å²) in [6, 6.07) is 5.92. The molecule has 1 aliphatic heterocycles. The summed E-state index contributed by atoms with van der Waals surface area (Å²) in [7, 11) is 1.64. The van der Waals surface area contributed by atoms with Gasteiger partial charge in [-0.05, 0) is 51.9 Å². The highest BCUT2D eigenvalue weighted by Crippen LogP contribution is 2.27.